The van der Waals surface area contributed by atoms with Crippen LogP contribution in [0.1, 0.15) is 5.56 Å². The van der Waals surface area contributed by atoms with E-state index in [1.807, 2.05) is 0 Å². The van der Waals surface area contributed by atoms with E-state index >= 15 is 0 Å². The van der Waals surface area contributed by atoms with Crippen molar-refractivity contribution < 1.29 is 22.3 Å². The maximum Gasteiger partial charge on any atom is 0.200 e. The number of benzene rings is 2. The zero-order chi connectivity index (χ0) is 14.0. The van der Waals surface area contributed by atoms with Crippen LogP contribution >= 0.6 is 15.9 Å². The third-order valence-electron chi connectivity index (χ3n) is 2.43. The summed E-state index contributed by atoms with van der Waals surface area (Å²) in [6.45, 7) is -0.544. The molecule has 0 heterocycles. The molecule has 2 rings (SSSR count). The quantitative estimate of drug-likeness (QED) is 0.589. The van der Waals surface area contributed by atoms with Crippen LogP contribution in [0.15, 0.2) is 34.8 Å². The monoisotopic (exact) mass is 334 g/mol. The summed E-state index contributed by atoms with van der Waals surface area (Å²) in [4.78, 5) is 0. The number of hydrogen-bond donors (Lipinski definition) is 0. The number of rotatable bonds is 3. The molecule has 0 amide bonds. The fourth-order valence-corrected chi connectivity index (χ4v) is 1.82. The summed E-state index contributed by atoms with van der Waals surface area (Å²) in [6.07, 6.45) is 0. The maximum atomic E-state index is 13.6. The lowest BCUT2D eigenvalue weighted by Crippen LogP contribution is -2.04. The minimum absolute atomic E-state index is 0.0622. The Morgan fingerprint density at radius 1 is 0.895 bits per heavy atom. The first-order chi connectivity index (χ1) is 9.00. The Hall–Kier alpha value is -1.56. The minimum atomic E-state index is -1.20. The lowest BCUT2D eigenvalue weighted by atomic mass is 10.2. The molecule has 2 aromatic carbocycles. The Kier molecular flexibility index (Phi) is 4.09. The molecule has 0 unspecified atom stereocenters. The van der Waals surface area contributed by atoms with E-state index in [9.17, 15) is 17.6 Å². The van der Waals surface area contributed by atoms with Gasteiger partial charge in [0, 0.05) is 0 Å². The van der Waals surface area contributed by atoms with Crippen molar-refractivity contribution in [3.63, 3.8) is 0 Å². The first-order valence-corrected chi connectivity index (χ1v) is 5.99. The third-order valence-corrected chi connectivity index (χ3v) is 3.04. The Morgan fingerprint density at radius 3 is 2.37 bits per heavy atom. The molecule has 6 heteroatoms. The second kappa shape index (κ2) is 5.61. The van der Waals surface area contributed by atoms with Crippen LogP contribution in [0, 0.1) is 23.3 Å². The average molecular weight is 335 g/mol. The van der Waals surface area contributed by atoms with Gasteiger partial charge in [-0.05, 0) is 40.2 Å². The highest BCUT2D eigenvalue weighted by Crippen LogP contribution is 2.25. The minimum Gasteiger partial charge on any atom is -0.485 e. The summed E-state index contributed by atoms with van der Waals surface area (Å²) < 4.78 is 58.2. The standard InChI is InChI=1S/C13H7BrF4O/c14-8-4-5-9(15)7(12(8)17)6-19-11-3-1-2-10(16)13(11)18/h1-5H,6H2. The molecule has 0 bridgehead atoms. The molecule has 0 saturated heterocycles. The van der Waals surface area contributed by atoms with Crippen molar-refractivity contribution in [3.05, 3.63) is 63.6 Å². The molecule has 0 aliphatic carbocycles. The Balaban J connectivity index is 2.24. The van der Waals surface area contributed by atoms with Gasteiger partial charge in [-0.1, -0.05) is 6.07 Å². The van der Waals surface area contributed by atoms with Gasteiger partial charge in [-0.3, -0.25) is 0 Å². The molecule has 0 radical (unpaired) electrons. The van der Waals surface area contributed by atoms with Crippen LogP contribution in [0.25, 0.3) is 0 Å². The summed E-state index contributed by atoms with van der Waals surface area (Å²) in [5, 5.41) is 0. The van der Waals surface area contributed by atoms with Crippen LogP contribution in [0.5, 0.6) is 5.75 Å². The molecule has 0 saturated carbocycles. The summed E-state index contributed by atoms with van der Waals surface area (Å²) in [6, 6.07) is 5.58. The Morgan fingerprint density at radius 2 is 1.63 bits per heavy atom. The Labute approximate surface area is 114 Å². The smallest absolute Gasteiger partial charge is 0.200 e. The average Bonchev–Trinajstić information content (AvgIpc) is 2.39. The number of hydrogen-bond acceptors (Lipinski definition) is 1. The van der Waals surface area contributed by atoms with Gasteiger partial charge >= 0.3 is 0 Å². The zero-order valence-electron chi connectivity index (χ0n) is 9.39. The highest BCUT2D eigenvalue weighted by molar-refractivity contribution is 9.10. The molecule has 0 aliphatic rings. The zero-order valence-corrected chi connectivity index (χ0v) is 11.0. The molecule has 0 N–H and O–H groups in total. The van der Waals surface area contributed by atoms with Crippen molar-refractivity contribution in [2.45, 2.75) is 6.61 Å². The molecule has 2 aromatic rings. The topological polar surface area (TPSA) is 9.23 Å². The predicted molar refractivity (Wildman–Crippen MR) is 64.7 cm³/mol. The van der Waals surface area contributed by atoms with E-state index in [0.29, 0.717) is 0 Å². The van der Waals surface area contributed by atoms with Crippen LogP contribution in [-0.2, 0) is 6.61 Å². The maximum absolute atomic E-state index is 13.6. The summed E-state index contributed by atoms with van der Waals surface area (Å²) >= 11 is 2.90. The van der Waals surface area contributed by atoms with Crippen LogP contribution in [0.3, 0.4) is 0 Å². The molecular formula is C13H7BrF4O. The molecule has 100 valence electrons. The van der Waals surface area contributed by atoms with Gasteiger partial charge in [0.1, 0.15) is 18.2 Å². The van der Waals surface area contributed by atoms with Gasteiger partial charge < -0.3 is 4.74 Å². The molecule has 19 heavy (non-hydrogen) atoms. The first-order valence-electron chi connectivity index (χ1n) is 5.20. The Bertz CT molecular complexity index is 616. The van der Waals surface area contributed by atoms with Crippen LogP contribution < -0.4 is 4.74 Å². The van der Waals surface area contributed by atoms with Crippen LogP contribution in [0.2, 0.25) is 0 Å². The molecule has 1 nitrogen and oxygen atoms in total. The van der Waals surface area contributed by atoms with Crippen LogP contribution in [-0.4, -0.2) is 0 Å². The highest BCUT2D eigenvalue weighted by atomic mass is 79.9. The van der Waals surface area contributed by atoms with Crippen molar-refractivity contribution in [1.82, 2.24) is 0 Å². The molecule has 0 aliphatic heterocycles. The lowest BCUT2D eigenvalue weighted by Gasteiger charge is -2.10. The summed E-state index contributed by atoms with van der Waals surface area (Å²) in [7, 11) is 0. The van der Waals surface area contributed by atoms with Gasteiger partial charge in [0.2, 0.25) is 5.82 Å². The fourth-order valence-electron chi connectivity index (χ4n) is 1.45. The van der Waals surface area contributed by atoms with Gasteiger partial charge in [0.25, 0.3) is 0 Å². The predicted octanol–water partition coefficient (Wildman–Crippen LogP) is 4.58. The lowest BCUT2D eigenvalue weighted by molar-refractivity contribution is 0.273. The molecular weight excluding hydrogens is 328 g/mol. The van der Waals surface area contributed by atoms with Crippen molar-refractivity contribution in [3.8, 4) is 5.75 Å². The molecule has 0 spiro atoms. The van der Waals surface area contributed by atoms with E-state index < -0.39 is 35.6 Å². The van der Waals surface area contributed by atoms with Crippen molar-refractivity contribution in [2.75, 3.05) is 0 Å². The SMILES string of the molecule is Fc1cccc(OCc2c(F)ccc(Br)c2F)c1F. The van der Waals surface area contributed by atoms with Gasteiger partial charge in [0.05, 0.1) is 10.0 Å². The summed E-state index contributed by atoms with van der Waals surface area (Å²) in [5.74, 6) is -4.35. The molecule has 0 aromatic heterocycles. The second-order valence-electron chi connectivity index (χ2n) is 3.66. The third kappa shape index (κ3) is 2.89. The van der Waals surface area contributed by atoms with Crippen molar-refractivity contribution in [2.24, 2.45) is 0 Å². The second-order valence-corrected chi connectivity index (χ2v) is 4.52. The van der Waals surface area contributed by atoms with E-state index in [-0.39, 0.29) is 10.0 Å². The summed E-state index contributed by atoms with van der Waals surface area (Å²) in [5.41, 5.74) is -0.363. The van der Waals surface area contributed by atoms with Gasteiger partial charge in [-0.2, -0.15) is 4.39 Å². The first kappa shape index (κ1) is 13.9. The number of ether oxygens (including phenoxy) is 1. The van der Waals surface area contributed by atoms with Crippen LogP contribution in [0.4, 0.5) is 17.6 Å². The van der Waals surface area contributed by atoms with Gasteiger partial charge in [-0.15, -0.1) is 0 Å². The van der Waals surface area contributed by atoms with E-state index in [1.165, 1.54) is 18.2 Å². The number of halogens is 5. The van der Waals surface area contributed by atoms with Gasteiger partial charge in [0.15, 0.2) is 11.6 Å². The van der Waals surface area contributed by atoms with Crippen molar-refractivity contribution >= 4 is 15.9 Å². The normalized spacial score (nSPS) is 10.6. The largest absolute Gasteiger partial charge is 0.485 e. The fraction of sp³-hybridized carbons (Fsp3) is 0.0769. The van der Waals surface area contributed by atoms with E-state index in [4.69, 9.17) is 4.74 Å². The van der Waals surface area contributed by atoms with Crippen molar-refractivity contribution in [1.29, 1.82) is 0 Å². The van der Waals surface area contributed by atoms with E-state index in [2.05, 4.69) is 15.9 Å². The molecule has 0 fully saturated rings. The van der Waals surface area contributed by atoms with E-state index in [0.717, 1.165) is 12.1 Å². The van der Waals surface area contributed by atoms with E-state index in [1.54, 1.807) is 0 Å². The van der Waals surface area contributed by atoms with Gasteiger partial charge in [-0.25, -0.2) is 13.2 Å². The molecule has 0 atom stereocenters. The highest BCUT2D eigenvalue weighted by Gasteiger charge is 2.15.